The third kappa shape index (κ3) is 1.76. The van der Waals surface area contributed by atoms with Gasteiger partial charge in [-0.15, -0.1) is 0 Å². The topological polar surface area (TPSA) is 75.6 Å². The largest absolute Gasteiger partial charge is 0.350 e. The summed E-state index contributed by atoms with van der Waals surface area (Å²) in [6.07, 6.45) is 6.97. The van der Waals surface area contributed by atoms with Gasteiger partial charge in [0.05, 0.1) is 24.4 Å². The molecule has 116 valence electrons. The van der Waals surface area contributed by atoms with Crippen LogP contribution in [0, 0.1) is 18.8 Å². The van der Waals surface area contributed by atoms with Crippen LogP contribution in [0.3, 0.4) is 0 Å². The molecule has 3 unspecified atom stereocenters. The Morgan fingerprint density at radius 2 is 2.45 bits per heavy atom. The molecule has 0 aromatic carbocycles. The summed E-state index contributed by atoms with van der Waals surface area (Å²) >= 11 is 0. The van der Waals surface area contributed by atoms with E-state index >= 15 is 0 Å². The Bertz CT molecular complexity index is 714. The van der Waals surface area contributed by atoms with Crippen molar-refractivity contribution in [3.63, 3.8) is 0 Å². The maximum atomic E-state index is 12.7. The Balaban J connectivity index is 1.52. The lowest BCUT2D eigenvalue weighted by Crippen LogP contribution is -2.53. The Kier molecular flexibility index (Phi) is 2.89. The van der Waals surface area contributed by atoms with E-state index in [-0.39, 0.29) is 17.2 Å². The molecule has 3 aliphatic rings. The van der Waals surface area contributed by atoms with E-state index in [9.17, 15) is 4.79 Å². The van der Waals surface area contributed by atoms with Crippen molar-refractivity contribution in [1.29, 1.82) is 0 Å². The molecular weight excluding hydrogens is 278 g/mol. The van der Waals surface area contributed by atoms with Crippen LogP contribution in [0.2, 0.25) is 0 Å². The SMILES string of the molecule is Cc1cn[nH]c1CNC(=O)C1C2CCC1(c1ccnn1C)C2. The molecule has 0 spiro atoms. The van der Waals surface area contributed by atoms with Gasteiger partial charge in [-0.25, -0.2) is 0 Å². The van der Waals surface area contributed by atoms with Crippen LogP contribution in [0.1, 0.15) is 36.2 Å². The molecule has 0 saturated heterocycles. The van der Waals surface area contributed by atoms with Crippen LogP contribution in [0.15, 0.2) is 18.5 Å². The number of aromatic nitrogens is 4. The third-order valence-electron chi connectivity index (χ3n) is 5.64. The van der Waals surface area contributed by atoms with E-state index in [4.69, 9.17) is 0 Å². The van der Waals surface area contributed by atoms with Crippen molar-refractivity contribution in [3.05, 3.63) is 35.4 Å². The van der Waals surface area contributed by atoms with Crippen LogP contribution in [0.25, 0.3) is 0 Å². The number of aromatic amines is 1. The highest BCUT2D eigenvalue weighted by Gasteiger charge is 2.63. The number of fused-ring (bicyclic) bond motifs is 1. The molecule has 3 fully saturated rings. The maximum absolute atomic E-state index is 12.7. The molecule has 5 rings (SSSR count). The van der Waals surface area contributed by atoms with Crippen LogP contribution in [-0.2, 0) is 23.8 Å². The predicted octanol–water partition coefficient (Wildman–Crippen LogP) is 1.44. The average molecular weight is 299 g/mol. The molecule has 2 bridgehead atoms. The van der Waals surface area contributed by atoms with Gasteiger partial charge in [-0.1, -0.05) is 0 Å². The molecule has 0 radical (unpaired) electrons. The van der Waals surface area contributed by atoms with Gasteiger partial charge >= 0.3 is 0 Å². The number of nitrogens with zero attached hydrogens (tertiary/aromatic N) is 3. The van der Waals surface area contributed by atoms with E-state index in [1.807, 2.05) is 24.9 Å². The lowest BCUT2D eigenvalue weighted by Gasteiger charge is -2.46. The fraction of sp³-hybridized carbons (Fsp3) is 0.562. The van der Waals surface area contributed by atoms with Gasteiger partial charge in [-0.05, 0) is 43.7 Å². The minimum atomic E-state index is 0.00301. The van der Waals surface area contributed by atoms with E-state index in [2.05, 4.69) is 26.7 Å². The number of hydrogen-bond acceptors (Lipinski definition) is 3. The molecule has 2 aromatic heterocycles. The fourth-order valence-electron chi connectivity index (χ4n) is 4.53. The van der Waals surface area contributed by atoms with E-state index in [0.29, 0.717) is 12.5 Å². The number of carbonyl (C=O) groups is 1. The van der Waals surface area contributed by atoms with E-state index in [1.165, 1.54) is 5.69 Å². The van der Waals surface area contributed by atoms with Gasteiger partial charge in [0.15, 0.2) is 0 Å². The monoisotopic (exact) mass is 299 g/mol. The minimum absolute atomic E-state index is 0.00301. The Morgan fingerprint density at radius 3 is 3.09 bits per heavy atom. The Labute approximate surface area is 129 Å². The predicted molar refractivity (Wildman–Crippen MR) is 80.9 cm³/mol. The number of amides is 1. The molecule has 2 N–H and O–H groups in total. The minimum Gasteiger partial charge on any atom is -0.350 e. The second kappa shape index (κ2) is 4.69. The molecule has 3 atom stereocenters. The van der Waals surface area contributed by atoms with Gasteiger partial charge in [0.25, 0.3) is 0 Å². The molecule has 2 heterocycles. The normalized spacial score (nSPS) is 29.4. The molecule has 2 aromatic rings. The summed E-state index contributed by atoms with van der Waals surface area (Å²) in [5.74, 6) is 0.785. The highest BCUT2D eigenvalue weighted by Crippen LogP contribution is 2.63. The van der Waals surface area contributed by atoms with Crippen molar-refractivity contribution in [3.8, 4) is 0 Å². The van der Waals surface area contributed by atoms with Crippen molar-refractivity contribution in [2.75, 3.05) is 0 Å². The molecule has 3 saturated carbocycles. The summed E-state index contributed by atoms with van der Waals surface area (Å²) in [4.78, 5) is 12.7. The molecule has 22 heavy (non-hydrogen) atoms. The summed E-state index contributed by atoms with van der Waals surface area (Å²) in [5, 5.41) is 14.3. The number of H-pyrrole nitrogens is 1. The smallest absolute Gasteiger partial charge is 0.224 e. The first-order valence-corrected chi connectivity index (χ1v) is 7.87. The first-order valence-electron chi connectivity index (χ1n) is 7.87. The van der Waals surface area contributed by atoms with Crippen molar-refractivity contribution >= 4 is 5.91 Å². The third-order valence-corrected chi connectivity index (χ3v) is 5.64. The molecule has 6 nitrogen and oxygen atoms in total. The van der Waals surface area contributed by atoms with Crippen LogP contribution in [0.5, 0.6) is 0 Å². The summed E-state index contributed by atoms with van der Waals surface area (Å²) in [7, 11) is 1.97. The first-order chi connectivity index (χ1) is 10.6. The lowest BCUT2D eigenvalue weighted by atomic mass is 9.58. The Hall–Kier alpha value is -2.11. The van der Waals surface area contributed by atoms with Gasteiger partial charge in [-0.2, -0.15) is 10.2 Å². The highest BCUT2D eigenvalue weighted by molar-refractivity contribution is 5.82. The second-order valence-corrected chi connectivity index (χ2v) is 6.73. The van der Waals surface area contributed by atoms with Crippen LogP contribution in [-0.4, -0.2) is 25.9 Å². The van der Waals surface area contributed by atoms with E-state index in [0.717, 1.165) is 30.5 Å². The fourth-order valence-corrected chi connectivity index (χ4v) is 4.53. The summed E-state index contributed by atoms with van der Waals surface area (Å²) < 4.78 is 1.93. The molecule has 6 heteroatoms. The number of carbonyl (C=O) groups excluding carboxylic acids is 1. The molecule has 3 aliphatic carbocycles. The first kappa shape index (κ1) is 13.5. The zero-order chi connectivity index (χ0) is 15.3. The van der Waals surface area contributed by atoms with Crippen molar-refractivity contribution in [2.45, 2.75) is 38.1 Å². The van der Waals surface area contributed by atoms with Crippen molar-refractivity contribution in [2.24, 2.45) is 18.9 Å². The van der Waals surface area contributed by atoms with E-state index in [1.54, 1.807) is 6.20 Å². The van der Waals surface area contributed by atoms with Gasteiger partial charge in [-0.3, -0.25) is 14.6 Å². The van der Waals surface area contributed by atoms with Crippen LogP contribution >= 0.6 is 0 Å². The van der Waals surface area contributed by atoms with Gasteiger partial charge < -0.3 is 5.32 Å². The van der Waals surface area contributed by atoms with Gasteiger partial charge in [0.1, 0.15) is 0 Å². The zero-order valence-electron chi connectivity index (χ0n) is 13.0. The molecule has 1 amide bonds. The van der Waals surface area contributed by atoms with Gasteiger partial charge in [0.2, 0.25) is 5.91 Å². The number of hydrogen-bond donors (Lipinski definition) is 2. The average Bonchev–Trinajstić information content (AvgIpc) is 3.19. The molecule has 0 aliphatic heterocycles. The standard InChI is InChI=1S/C16H21N5O/c1-10-8-18-20-12(10)9-17-15(22)14-11-3-5-16(14,7-11)13-4-6-19-21(13)2/h4,6,8,11,14H,3,5,7,9H2,1-2H3,(H,17,22)(H,18,20). The lowest BCUT2D eigenvalue weighted by molar-refractivity contribution is -0.133. The van der Waals surface area contributed by atoms with Crippen LogP contribution < -0.4 is 5.32 Å². The summed E-state index contributed by atoms with van der Waals surface area (Å²) in [6.45, 7) is 2.52. The van der Waals surface area contributed by atoms with E-state index < -0.39 is 0 Å². The quantitative estimate of drug-likeness (QED) is 0.897. The Morgan fingerprint density at radius 1 is 1.59 bits per heavy atom. The van der Waals surface area contributed by atoms with Crippen LogP contribution in [0.4, 0.5) is 0 Å². The zero-order valence-corrected chi connectivity index (χ0v) is 13.0. The number of nitrogens with one attached hydrogen (secondary N) is 2. The maximum Gasteiger partial charge on any atom is 0.224 e. The van der Waals surface area contributed by atoms with Crippen molar-refractivity contribution < 1.29 is 4.79 Å². The molecular formula is C16H21N5O. The number of aryl methyl sites for hydroxylation is 2. The summed E-state index contributed by atoms with van der Waals surface area (Å²) in [6, 6.07) is 2.07. The number of rotatable bonds is 4. The summed E-state index contributed by atoms with van der Waals surface area (Å²) in [5.41, 5.74) is 3.27. The van der Waals surface area contributed by atoms with Crippen molar-refractivity contribution in [1.82, 2.24) is 25.3 Å². The highest BCUT2D eigenvalue weighted by atomic mass is 16.2. The second-order valence-electron chi connectivity index (χ2n) is 6.73. The van der Waals surface area contributed by atoms with Gasteiger partial charge in [0, 0.05) is 24.4 Å².